The average molecular weight is 548 g/mol. The van der Waals surface area contributed by atoms with Crippen molar-refractivity contribution in [3.8, 4) is 0 Å². The summed E-state index contributed by atoms with van der Waals surface area (Å²) >= 11 is 0. The predicted octanol–water partition coefficient (Wildman–Crippen LogP) is 7.98. The minimum absolute atomic E-state index is 0.129. The molecule has 4 nitrogen and oxygen atoms in total. The lowest BCUT2D eigenvalue weighted by atomic mass is 9.78. The summed E-state index contributed by atoms with van der Waals surface area (Å²) in [7, 11) is 0. The van der Waals surface area contributed by atoms with E-state index < -0.39 is 5.97 Å². The zero-order valence-electron chi connectivity index (χ0n) is 24.5. The van der Waals surface area contributed by atoms with Gasteiger partial charge in [-0.2, -0.15) is 0 Å². The van der Waals surface area contributed by atoms with Crippen molar-refractivity contribution >= 4 is 5.97 Å². The summed E-state index contributed by atoms with van der Waals surface area (Å²) in [5.74, 6) is 0.893. The zero-order chi connectivity index (χ0) is 28.4. The van der Waals surface area contributed by atoms with Gasteiger partial charge in [0.25, 0.3) is 0 Å². The number of allylic oxidation sites excluding steroid dienone is 1. The first-order valence-electron chi connectivity index (χ1n) is 15.9. The highest BCUT2D eigenvalue weighted by Gasteiger charge is 2.25. The molecule has 4 heteroatoms. The fourth-order valence-corrected chi connectivity index (χ4v) is 6.67. The van der Waals surface area contributed by atoms with Crippen LogP contribution < -0.4 is 5.73 Å². The maximum atomic E-state index is 11.8. The Morgan fingerprint density at radius 1 is 0.825 bits per heavy atom. The van der Waals surface area contributed by atoms with Crippen LogP contribution in [0.3, 0.4) is 0 Å². The SMILES string of the molecule is NCCC(CCC(CC=CC(O)CC1CCCCC1)CCc1ccccc1)C(CCc1ccccc1)CC(=O)O. The molecule has 40 heavy (non-hydrogen) atoms. The van der Waals surface area contributed by atoms with E-state index in [1.54, 1.807) is 0 Å². The van der Waals surface area contributed by atoms with Crippen LogP contribution in [-0.2, 0) is 17.6 Å². The minimum Gasteiger partial charge on any atom is -0.481 e. The summed E-state index contributed by atoms with van der Waals surface area (Å²) in [5, 5.41) is 20.4. The molecule has 0 amide bonds. The Hall–Kier alpha value is -2.43. The van der Waals surface area contributed by atoms with E-state index in [-0.39, 0.29) is 18.4 Å². The Balaban J connectivity index is 1.61. The third-order valence-electron chi connectivity index (χ3n) is 9.04. The van der Waals surface area contributed by atoms with E-state index in [0.717, 1.165) is 57.8 Å². The second kappa shape index (κ2) is 18.8. The van der Waals surface area contributed by atoms with Crippen molar-refractivity contribution in [2.45, 2.75) is 102 Å². The molecule has 0 heterocycles. The minimum atomic E-state index is -0.712. The fraction of sp³-hybridized carbons (Fsp3) is 0.583. The predicted molar refractivity (Wildman–Crippen MR) is 166 cm³/mol. The largest absolute Gasteiger partial charge is 0.481 e. The highest BCUT2D eigenvalue weighted by molar-refractivity contribution is 5.67. The summed E-state index contributed by atoms with van der Waals surface area (Å²) in [4.78, 5) is 11.8. The Labute approximate surface area is 243 Å². The van der Waals surface area contributed by atoms with Gasteiger partial charge in [0.15, 0.2) is 0 Å². The van der Waals surface area contributed by atoms with Crippen LogP contribution in [0.2, 0.25) is 0 Å². The number of hydrogen-bond acceptors (Lipinski definition) is 3. The van der Waals surface area contributed by atoms with Crippen molar-refractivity contribution in [3.63, 3.8) is 0 Å². The number of aliphatic hydroxyl groups is 1. The third-order valence-corrected chi connectivity index (χ3v) is 9.04. The van der Waals surface area contributed by atoms with Crippen molar-refractivity contribution < 1.29 is 15.0 Å². The van der Waals surface area contributed by atoms with E-state index in [2.05, 4.69) is 60.7 Å². The van der Waals surface area contributed by atoms with Gasteiger partial charge < -0.3 is 15.9 Å². The molecule has 4 N–H and O–H groups in total. The molecule has 1 fully saturated rings. The number of aliphatic hydroxyl groups excluding tert-OH is 1. The zero-order valence-corrected chi connectivity index (χ0v) is 24.5. The first-order valence-corrected chi connectivity index (χ1v) is 15.9. The van der Waals surface area contributed by atoms with Crippen LogP contribution >= 0.6 is 0 Å². The first-order chi connectivity index (χ1) is 19.5. The number of rotatable bonds is 19. The summed E-state index contributed by atoms with van der Waals surface area (Å²) in [6, 6.07) is 21.1. The lowest BCUT2D eigenvalue weighted by molar-refractivity contribution is -0.138. The van der Waals surface area contributed by atoms with Crippen LogP contribution in [0, 0.1) is 23.7 Å². The molecule has 2 aromatic rings. The lowest BCUT2D eigenvalue weighted by Crippen LogP contribution is -2.23. The second-order valence-corrected chi connectivity index (χ2v) is 12.2. The van der Waals surface area contributed by atoms with Crippen molar-refractivity contribution in [3.05, 3.63) is 83.9 Å². The molecule has 0 saturated heterocycles. The maximum absolute atomic E-state index is 11.8. The van der Waals surface area contributed by atoms with Crippen molar-refractivity contribution in [2.75, 3.05) is 6.54 Å². The number of carboxylic acids is 1. The van der Waals surface area contributed by atoms with E-state index >= 15 is 0 Å². The van der Waals surface area contributed by atoms with Crippen LogP contribution in [0.5, 0.6) is 0 Å². The van der Waals surface area contributed by atoms with Gasteiger partial charge in [0.05, 0.1) is 6.10 Å². The molecule has 1 aliphatic carbocycles. The summed E-state index contributed by atoms with van der Waals surface area (Å²) in [6.45, 7) is 0.591. The summed E-state index contributed by atoms with van der Waals surface area (Å²) < 4.78 is 0. The normalized spacial score (nSPS) is 17.4. The van der Waals surface area contributed by atoms with Crippen molar-refractivity contribution in [2.24, 2.45) is 29.4 Å². The highest BCUT2D eigenvalue weighted by Crippen LogP contribution is 2.32. The van der Waals surface area contributed by atoms with Gasteiger partial charge in [-0.05, 0) is 99.1 Å². The van der Waals surface area contributed by atoms with E-state index in [1.807, 2.05) is 12.1 Å². The fourth-order valence-electron chi connectivity index (χ4n) is 6.67. The Kier molecular flexibility index (Phi) is 15.1. The molecule has 0 bridgehead atoms. The molecule has 1 saturated carbocycles. The number of aliphatic carboxylic acids is 1. The van der Waals surface area contributed by atoms with Gasteiger partial charge in [-0.3, -0.25) is 4.79 Å². The number of hydrogen-bond donors (Lipinski definition) is 3. The van der Waals surface area contributed by atoms with Crippen LogP contribution in [0.1, 0.15) is 94.6 Å². The van der Waals surface area contributed by atoms with Gasteiger partial charge in [-0.25, -0.2) is 0 Å². The van der Waals surface area contributed by atoms with E-state index in [9.17, 15) is 15.0 Å². The Bertz CT molecular complexity index is 955. The van der Waals surface area contributed by atoms with Gasteiger partial charge in [-0.15, -0.1) is 0 Å². The molecule has 4 unspecified atom stereocenters. The van der Waals surface area contributed by atoms with E-state index in [0.29, 0.717) is 24.3 Å². The van der Waals surface area contributed by atoms with Gasteiger partial charge in [-0.1, -0.05) is 105 Å². The van der Waals surface area contributed by atoms with Crippen molar-refractivity contribution in [1.82, 2.24) is 0 Å². The monoisotopic (exact) mass is 547 g/mol. The molecular formula is C36H53NO3. The molecule has 3 rings (SSSR count). The smallest absolute Gasteiger partial charge is 0.303 e. The number of carbonyl (C=O) groups is 1. The van der Waals surface area contributed by atoms with Crippen molar-refractivity contribution in [1.29, 1.82) is 0 Å². The molecule has 0 spiro atoms. The van der Waals surface area contributed by atoms with E-state index in [1.165, 1.54) is 43.2 Å². The highest BCUT2D eigenvalue weighted by atomic mass is 16.4. The maximum Gasteiger partial charge on any atom is 0.303 e. The number of nitrogens with two attached hydrogens (primary N) is 1. The van der Waals surface area contributed by atoms with Gasteiger partial charge in [0, 0.05) is 6.42 Å². The molecule has 4 atom stereocenters. The lowest BCUT2D eigenvalue weighted by Gasteiger charge is -2.28. The average Bonchev–Trinajstić information content (AvgIpc) is 2.97. The molecule has 1 aliphatic rings. The van der Waals surface area contributed by atoms with Gasteiger partial charge in [0.1, 0.15) is 0 Å². The van der Waals surface area contributed by atoms with E-state index in [4.69, 9.17) is 5.73 Å². The second-order valence-electron chi connectivity index (χ2n) is 12.2. The van der Waals surface area contributed by atoms with Gasteiger partial charge >= 0.3 is 5.97 Å². The summed E-state index contributed by atoms with van der Waals surface area (Å²) in [5.41, 5.74) is 8.68. The summed E-state index contributed by atoms with van der Waals surface area (Å²) in [6.07, 6.45) is 19.3. The first kappa shape index (κ1) is 32.1. The van der Waals surface area contributed by atoms with Gasteiger partial charge in [0.2, 0.25) is 0 Å². The van der Waals surface area contributed by atoms with Crippen LogP contribution in [0.15, 0.2) is 72.8 Å². The number of carboxylic acid groups (broad SMARTS) is 1. The third kappa shape index (κ3) is 12.8. The Morgan fingerprint density at radius 3 is 2.05 bits per heavy atom. The van der Waals surface area contributed by atoms with Crippen LogP contribution in [0.4, 0.5) is 0 Å². The topological polar surface area (TPSA) is 83.5 Å². The standard InChI is InChI=1S/C36H53NO3/c37-26-25-33(34(28-36(39)40)24-22-30-13-6-2-7-14-30)23-21-31(20-19-29-11-4-1-5-12-29)17-10-18-35(38)27-32-15-8-3-9-16-32/h1-2,4-7,10-14,18,31-35,38H,3,8-9,15-17,19-28,37H2,(H,39,40). The Morgan fingerprint density at radius 2 is 1.45 bits per heavy atom. The van der Waals surface area contributed by atoms with Crippen LogP contribution in [-0.4, -0.2) is 28.8 Å². The quantitative estimate of drug-likeness (QED) is 0.156. The molecule has 0 aromatic heterocycles. The number of aryl methyl sites for hydroxylation is 2. The molecule has 2 aromatic carbocycles. The molecular weight excluding hydrogens is 494 g/mol. The molecule has 0 aliphatic heterocycles. The molecule has 0 radical (unpaired) electrons. The number of benzene rings is 2. The van der Waals surface area contributed by atoms with Crippen LogP contribution in [0.25, 0.3) is 0 Å². The molecule has 220 valence electrons.